The van der Waals surface area contributed by atoms with Crippen LogP contribution >= 0.6 is 23.2 Å². The molecule has 1 aliphatic rings. The van der Waals surface area contributed by atoms with Gasteiger partial charge >= 0.3 is 0 Å². The van der Waals surface area contributed by atoms with E-state index in [1.807, 2.05) is 4.40 Å². The molecule has 0 N–H and O–H groups in total. The van der Waals surface area contributed by atoms with Gasteiger partial charge in [0.25, 0.3) is 0 Å². The highest BCUT2D eigenvalue weighted by molar-refractivity contribution is 6.42. The molecule has 114 valence electrons. The van der Waals surface area contributed by atoms with E-state index in [0.717, 1.165) is 48.7 Å². The molecular weight excluding hydrogens is 323 g/mol. The molecule has 0 unspecified atom stereocenters. The molecule has 1 aromatic carbocycles. The maximum Gasteiger partial charge on any atom is 0.204 e. The van der Waals surface area contributed by atoms with Gasteiger partial charge in [-0.25, -0.2) is 4.98 Å². The van der Waals surface area contributed by atoms with Gasteiger partial charge in [0.05, 0.1) is 21.1 Å². The van der Waals surface area contributed by atoms with Crippen molar-refractivity contribution in [2.24, 2.45) is 0 Å². The van der Waals surface area contributed by atoms with Gasteiger partial charge in [0.2, 0.25) is 5.65 Å². The third-order valence-corrected chi connectivity index (χ3v) is 4.78. The van der Waals surface area contributed by atoms with Crippen LogP contribution in [-0.2, 0) is 0 Å². The molecule has 0 atom stereocenters. The highest BCUT2D eigenvalue weighted by atomic mass is 35.5. The molecule has 3 aromatic rings. The monoisotopic (exact) mass is 336 g/mol. The number of fused-ring (bicyclic) bond motifs is 3. The Bertz CT molecular complexity index is 853. The quantitative estimate of drug-likeness (QED) is 0.682. The second-order valence-corrected chi connectivity index (χ2v) is 6.32. The number of halogens is 2. The fraction of sp³-hybridized carbons (Fsp3) is 0.357. The lowest BCUT2D eigenvalue weighted by atomic mass is 10.2. The number of aromatic nitrogens is 4. The smallest absolute Gasteiger partial charge is 0.204 e. The van der Waals surface area contributed by atoms with Gasteiger partial charge in [-0.2, -0.15) is 0 Å². The molecule has 0 amide bonds. The van der Waals surface area contributed by atoms with Gasteiger partial charge in [-0.05, 0) is 19.2 Å². The normalized spacial score (nSPS) is 16.8. The number of hydrogen-bond donors (Lipinski definition) is 0. The van der Waals surface area contributed by atoms with E-state index in [1.54, 1.807) is 18.5 Å². The number of nitrogens with zero attached hydrogens (tertiary/aromatic N) is 6. The second-order valence-electron chi connectivity index (χ2n) is 5.51. The summed E-state index contributed by atoms with van der Waals surface area (Å²) in [5.41, 5.74) is 2.39. The Morgan fingerprint density at radius 3 is 2.55 bits per heavy atom. The van der Waals surface area contributed by atoms with E-state index >= 15 is 0 Å². The van der Waals surface area contributed by atoms with Crippen molar-refractivity contribution in [2.75, 3.05) is 38.1 Å². The molecule has 4 rings (SSSR count). The molecule has 0 saturated carbocycles. The lowest BCUT2D eigenvalue weighted by Gasteiger charge is -2.33. The van der Waals surface area contributed by atoms with Crippen molar-refractivity contribution < 1.29 is 0 Å². The summed E-state index contributed by atoms with van der Waals surface area (Å²) in [6, 6.07) is 3.59. The van der Waals surface area contributed by atoms with Gasteiger partial charge < -0.3 is 9.80 Å². The van der Waals surface area contributed by atoms with Crippen molar-refractivity contribution in [3.63, 3.8) is 0 Å². The Morgan fingerprint density at radius 2 is 1.77 bits per heavy atom. The lowest BCUT2D eigenvalue weighted by Crippen LogP contribution is -2.45. The summed E-state index contributed by atoms with van der Waals surface area (Å²) >= 11 is 12.3. The predicted molar refractivity (Wildman–Crippen MR) is 88.0 cm³/mol. The van der Waals surface area contributed by atoms with Crippen LogP contribution in [0.2, 0.25) is 10.0 Å². The SMILES string of the molecule is CN1CCN(c2nc3cc(Cl)c(Cl)cc3n3cnnc23)CC1. The van der Waals surface area contributed by atoms with Crippen LogP contribution in [0.3, 0.4) is 0 Å². The van der Waals surface area contributed by atoms with Crippen LogP contribution in [0.4, 0.5) is 5.82 Å². The molecule has 0 aliphatic carbocycles. The van der Waals surface area contributed by atoms with Crippen molar-refractivity contribution in [3.8, 4) is 0 Å². The maximum atomic E-state index is 6.14. The first-order valence-electron chi connectivity index (χ1n) is 7.05. The van der Waals surface area contributed by atoms with Crippen molar-refractivity contribution in [2.45, 2.75) is 0 Å². The Balaban J connectivity index is 1.93. The standard InChI is InChI=1S/C14H14Cl2N6/c1-20-2-4-21(5-3-20)13-14-19-17-8-22(14)12-7-10(16)9(15)6-11(12)18-13/h6-8H,2-5H2,1H3. The van der Waals surface area contributed by atoms with E-state index in [4.69, 9.17) is 28.2 Å². The first-order valence-corrected chi connectivity index (χ1v) is 7.81. The zero-order chi connectivity index (χ0) is 15.3. The highest BCUT2D eigenvalue weighted by Crippen LogP contribution is 2.30. The molecule has 8 heteroatoms. The van der Waals surface area contributed by atoms with Gasteiger partial charge in [0.1, 0.15) is 6.33 Å². The predicted octanol–water partition coefficient (Wildman–Crippen LogP) is 2.34. The van der Waals surface area contributed by atoms with Crippen LogP contribution in [0, 0.1) is 0 Å². The fourth-order valence-electron chi connectivity index (χ4n) is 2.77. The molecule has 6 nitrogen and oxygen atoms in total. The van der Waals surface area contributed by atoms with Gasteiger partial charge in [0, 0.05) is 26.2 Å². The number of benzene rings is 1. The number of anilines is 1. The van der Waals surface area contributed by atoms with Crippen LogP contribution in [0.5, 0.6) is 0 Å². The summed E-state index contributed by atoms with van der Waals surface area (Å²) < 4.78 is 1.91. The fourth-order valence-corrected chi connectivity index (χ4v) is 3.08. The molecular formula is C14H14Cl2N6. The topological polar surface area (TPSA) is 49.6 Å². The summed E-state index contributed by atoms with van der Waals surface area (Å²) in [6.07, 6.45) is 1.68. The number of hydrogen-bond acceptors (Lipinski definition) is 5. The molecule has 22 heavy (non-hydrogen) atoms. The summed E-state index contributed by atoms with van der Waals surface area (Å²) in [6.45, 7) is 3.83. The largest absolute Gasteiger partial charge is 0.351 e. The Labute approximate surface area is 137 Å². The van der Waals surface area contributed by atoms with Gasteiger partial charge in [-0.15, -0.1) is 10.2 Å². The van der Waals surface area contributed by atoms with Gasteiger partial charge in [0.15, 0.2) is 5.82 Å². The van der Waals surface area contributed by atoms with Crippen molar-refractivity contribution >= 4 is 45.7 Å². The van der Waals surface area contributed by atoms with E-state index < -0.39 is 0 Å². The van der Waals surface area contributed by atoms with E-state index in [0.29, 0.717) is 10.0 Å². The van der Waals surface area contributed by atoms with Gasteiger partial charge in [-0.3, -0.25) is 4.40 Å². The average Bonchev–Trinajstić information content (AvgIpc) is 2.99. The molecule has 1 fully saturated rings. The van der Waals surface area contributed by atoms with E-state index in [9.17, 15) is 0 Å². The zero-order valence-corrected chi connectivity index (χ0v) is 13.5. The zero-order valence-electron chi connectivity index (χ0n) is 12.0. The van der Waals surface area contributed by atoms with Crippen LogP contribution in [-0.4, -0.2) is 57.7 Å². The van der Waals surface area contributed by atoms with Gasteiger partial charge in [-0.1, -0.05) is 23.2 Å². The molecule has 3 heterocycles. The van der Waals surface area contributed by atoms with Crippen molar-refractivity contribution in [1.82, 2.24) is 24.5 Å². The van der Waals surface area contributed by atoms with Crippen molar-refractivity contribution in [3.05, 3.63) is 28.5 Å². The molecule has 0 radical (unpaired) electrons. The highest BCUT2D eigenvalue weighted by Gasteiger charge is 2.20. The van der Waals surface area contributed by atoms with Crippen LogP contribution in [0.15, 0.2) is 18.5 Å². The third-order valence-electron chi connectivity index (χ3n) is 4.05. The Hall–Kier alpha value is -1.63. The van der Waals surface area contributed by atoms with Crippen LogP contribution < -0.4 is 4.90 Å². The van der Waals surface area contributed by atoms with E-state index in [1.165, 1.54) is 0 Å². The minimum atomic E-state index is 0.498. The number of likely N-dealkylation sites (N-methyl/N-ethyl adjacent to an activating group) is 1. The number of piperazine rings is 1. The Kier molecular flexibility index (Phi) is 3.32. The first kappa shape index (κ1) is 14.0. The molecule has 1 aliphatic heterocycles. The lowest BCUT2D eigenvalue weighted by molar-refractivity contribution is 0.312. The van der Waals surface area contributed by atoms with E-state index in [-0.39, 0.29) is 0 Å². The molecule has 1 saturated heterocycles. The molecule has 2 aromatic heterocycles. The van der Waals surface area contributed by atoms with Crippen molar-refractivity contribution in [1.29, 1.82) is 0 Å². The van der Waals surface area contributed by atoms with Crippen LogP contribution in [0.1, 0.15) is 0 Å². The molecule has 0 bridgehead atoms. The third kappa shape index (κ3) is 2.18. The summed E-state index contributed by atoms with van der Waals surface area (Å²) in [5.74, 6) is 0.844. The minimum absolute atomic E-state index is 0.498. The number of rotatable bonds is 1. The first-order chi connectivity index (χ1) is 10.6. The minimum Gasteiger partial charge on any atom is -0.351 e. The van der Waals surface area contributed by atoms with Crippen LogP contribution in [0.25, 0.3) is 16.7 Å². The van der Waals surface area contributed by atoms with E-state index in [2.05, 4.69) is 27.0 Å². The summed E-state index contributed by atoms with van der Waals surface area (Å²) in [4.78, 5) is 9.31. The maximum absolute atomic E-state index is 6.14. The molecule has 0 spiro atoms. The Morgan fingerprint density at radius 1 is 1.05 bits per heavy atom. The second kappa shape index (κ2) is 5.22. The average molecular weight is 337 g/mol. The summed E-state index contributed by atoms with van der Waals surface area (Å²) in [5, 5.41) is 9.26. The summed E-state index contributed by atoms with van der Waals surface area (Å²) in [7, 11) is 2.12.